The van der Waals surface area contributed by atoms with Gasteiger partial charge in [0.1, 0.15) is 5.82 Å². The first-order valence-corrected chi connectivity index (χ1v) is 6.65. The van der Waals surface area contributed by atoms with E-state index in [1.165, 1.54) is 12.1 Å². The molecule has 1 aromatic carbocycles. The molecule has 0 saturated heterocycles. The Hall–Kier alpha value is -1.61. The van der Waals surface area contributed by atoms with Crippen LogP contribution in [0, 0.1) is 11.7 Å². The molecule has 0 aliphatic heterocycles. The molecular weight excluding hydrogens is 265 g/mol. The van der Waals surface area contributed by atoms with Crippen molar-refractivity contribution >= 4 is 17.4 Å². The zero-order valence-electron chi connectivity index (χ0n) is 10.3. The predicted octanol–water partition coefficient (Wildman–Crippen LogP) is 3.92. The summed E-state index contributed by atoms with van der Waals surface area (Å²) in [6.07, 6.45) is 5.57. The van der Waals surface area contributed by atoms with Crippen molar-refractivity contribution in [2.75, 3.05) is 0 Å². The Bertz CT molecular complexity index is 631. The Balaban J connectivity index is 1.79. The molecular formula is C15H13ClFNO. The summed E-state index contributed by atoms with van der Waals surface area (Å²) in [6, 6.07) is 6.29. The van der Waals surface area contributed by atoms with Crippen LogP contribution in [-0.2, 0) is 6.54 Å². The third-order valence-electron chi connectivity index (χ3n) is 3.34. The van der Waals surface area contributed by atoms with Crippen LogP contribution in [0.15, 0.2) is 36.7 Å². The normalized spacial score (nSPS) is 14.6. The van der Waals surface area contributed by atoms with Gasteiger partial charge in [-0.05, 0) is 37.1 Å². The number of carbonyl (C=O) groups is 1. The maximum Gasteiger partial charge on any atom is 0.167 e. The van der Waals surface area contributed by atoms with Crippen molar-refractivity contribution in [2.45, 2.75) is 19.4 Å². The monoisotopic (exact) mass is 277 g/mol. The van der Waals surface area contributed by atoms with Crippen LogP contribution in [0.1, 0.15) is 28.8 Å². The van der Waals surface area contributed by atoms with Crippen LogP contribution in [0.3, 0.4) is 0 Å². The van der Waals surface area contributed by atoms with Gasteiger partial charge in [0.05, 0.1) is 0 Å². The Morgan fingerprint density at radius 1 is 1.37 bits per heavy atom. The van der Waals surface area contributed by atoms with E-state index in [1.807, 2.05) is 4.57 Å². The van der Waals surface area contributed by atoms with Crippen LogP contribution >= 0.6 is 11.6 Å². The summed E-state index contributed by atoms with van der Waals surface area (Å²) in [5.41, 5.74) is 1.23. The molecule has 3 rings (SSSR count). The molecule has 0 bridgehead atoms. The van der Waals surface area contributed by atoms with E-state index in [1.54, 1.807) is 24.5 Å². The summed E-state index contributed by atoms with van der Waals surface area (Å²) in [4.78, 5) is 11.9. The molecule has 1 heterocycles. The molecule has 0 spiro atoms. The quantitative estimate of drug-likeness (QED) is 0.777. The predicted molar refractivity (Wildman–Crippen MR) is 72.0 cm³/mol. The van der Waals surface area contributed by atoms with Gasteiger partial charge >= 0.3 is 0 Å². The van der Waals surface area contributed by atoms with Crippen LogP contribution in [0.5, 0.6) is 0 Å². The molecule has 0 atom stereocenters. The zero-order chi connectivity index (χ0) is 13.4. The number of ketones is 1. The highest BCUT2D eigenvalue weighted by molar-refractivity contribution is 6.30. The van der Waals surface area contributed by atoms with Gasteiger partial charge in [0.15, 0.2) is 5.78 Å². The number of hydrogen-bond donors (Lipinski definition) is 0. The molecule has 0 unspecified atom stereocenters. The van der Waals surface area contributed by atoms with Gasteiger partial charge in [-0.1, -0.05) is 11.6 Å². The molecule has 1 aliphatic carbocycles. The third kappa shape index (κ3) is 2.71. The number of nitrogens with zero attached hydrogens (tertiary/aromatic N) is 1. The number of Topliss-reactive ketones (excluding diaryl/α,β-unsaturated/α-hetero) is 1. The molecule has 0 N–H and O–H groups in total. The van der Waals surface area contributed by atoms with Gasteiger partial charge in [-0.15, -0.1) is 0 Å². The second-order valence-electron chi connectivity index (χ2n) is 4.95. The van der Waals surface area contributed by atoms with Gasteiger partial charge in [-0.25, -0.2) is 4.39 Å². The van der Waals surface area contributed by atoms with Crippen LogP contribution in [-0.4, -0.2) is 10.4 Å². The standard InChI is InChI=1S/C15H13ClFNO/c16-13-3-4-14(17)12(7-13)9-18-6-5-11(8-18)15(19)10-1-2-10/h3-8,10H,1-2,9H2. The molecule has 4 heteroatoms. The number of rotatable bonds is 4. The van der Waals surface area contributed by atoms with E-state index in [0.29, 0.717) is 22.7 Å². The fourth-order valence-corrected chi connectivity index (χ4v) is 2.32. The van der Waals surface area contributed by atoms with Crippen molar-refractivity contribution in [1.82, 2.24) is 4.57 Å². The molecule has 19 heavy (non-hydrogen) atoms. The lowest BCUT2D eigenvalue weighted by molar-refractivity contribution is 0.0967. The highest BCUT2D eigenvalue weighted by Gasteiger charge is 2.30. The molecule has 2 aromatic rings. The minimum absolute atomic E-state index is 0.199. The Kier molecular flexibility index (Phi) is 3.15. The lowest BCUT2D eigenvalue weighted by Gasteiger charge is -2.05. The molecule has 2 nitrogen and oxygen atoms in total. The summed E-state index contributed by atoms with van der Waals surface area (Å²) < 4.78 is 15.4. The fourth-order valence-electron chi connectivity index (χ4n) is 2.13. The third-order valence-corrected chi connectivity index (χ3v) is 3.58. The number of halogens is 2. The minimum Gasteiger partial charge on any atom is -0.349 e. The van der Waals surface area contributed by atoms with Gasteiger partial charge in [-0.3, -0.25) is 4.79 Å². The van der Waals surface area contributed by atoms with Gasteiger partial charge in [0.2, 0.25) is 0 Å². The van der Waals surface area contributed by atoms with Crippen LogP contribution in [0.2, 0.25) is 5.02 Å². The van der Waals surface area contributed by atoms with Crippen molar-refractivity contribution in [1.29, 1.82) is 0 Å². The first-order chi connectivity index (χ1) is 9.13. The molecule has 0 radical (unpaired) electrons. The summed E-state index contributed by atoms with van der Waals surface area (Å²) >= 11 is 5.86. The van der Waals surface area contributed by atoms with E-state index >= 15 is 0 Å². The van der Waals surface area contributed by atoms with E-state index in [2.05, 4.69) is 0 Å². The maximum absolute atomic E-state index is 13.6. The molecule has 1 aromatic heterocycles. The lowest BCUT2D eigenvalue weighted by atomic mass is 10.1. The van der Waals surface area contributed by atoms with Crippen molar-refractivity contribution in [3.05, 3.63) is 58.6 Å². The van der Waals surface area contributed by atoms with Crippen molar-refractivity contribution < 1.29 is 9.18 Å². The van der Waals surface area contributed by atoms with Crippen molar-refractivity contribution in [3.63, 3.8) is 0 Å². The Labute approximate surface area is 115 Å². The zero-order valence-corrected chi connectivity index (χ0v) is 11.0. The maximum atomic E-state index is 13.6. The summed E-state index contributed by atoms with van der Waals surface area (Å²) in [7, 11) is 0. The topological polar surface area (TPSA) is 22.0 Å². The summed E-state index contributed by atoms with van der Waals surface area (Å²) in [6.45, 7) is 0.379. The minimum atomic E-state index is -0.284. The highest BCUT2D eigenvalue weighted by Crippen LogP contribution is 2.32. The first-order valence-electron chi connectivity index (χ1n) is 6.27. The summed E-state index contributed by atoms with van der Waals surface area (Å²) in [5.74, 6) is 0.122. The molecule has 1 aliphatic rings. The average molecular weight is 278 g/mol. The number of aromatic nitrogens is 1. The lowest BCUT2D eigenvalue weighted by Crippen LogP contribution is -2.02. The second-order valence-corrected chi connectivity index (χ2v) is 5.38. The highest BCUT2D eigenvalue weighted by atomic mass is 35.5. The van der Waals surface area contributed by atoms with Crippen LogP contribution in [0.4, 0.5) is 4.39 Å². The first kappa shape index (κ1) is 12.4. The van der Waals surface area contributed by atoms with Crippen LogP contribution < -0.4 is 0 Å². The molecule has 1 fully saturated rings. The number of carbonyl (C=O) groups excluding carboxylic acids is 1. The Morgan fingerprint density at radius 3 is 2.89 bits per heavy atom. The van der Waals surface area contributed by atoms with E-state index in [-0.39, 0.29) is 17.5 Å². The van der Waals surface area contributed by atoms with Crippen molar-refractivity contribution in [3.8, 4) is 0 Å². The van der Waals surface area contributed by atoms with Gasteiger partial charge in [-0.2, -0.15) is 0 Å². The van der Waals surface area contributed by atoms with Crippen LogP contribution in [0.25, 0.3) is 0 Å². The van der Waals surface area contributed by atoms with E-state index in [4.69, 9.17) is 11.6 Å². The average Bonchev–Trinajstić information content (AvgIpc) is 3.13. The van der Waals surface area contributed by atoms with Gasteiger partial charge < -0.3 is 4.57 Å². The van der Waals surface area contributed by atoms with E-state index in [0.717, 1.165) is 12.8 Å². The van der Waals surface area contributed by atoms with E-state index < -0.39 is 0 Å². The molecule has 98 valence electrons. The van der Waals surface area contributed by atoms with Gasteiger partial charge in [0.25, 0.3) is 0 Å². The number of hydrogen-bond acceptors (Lipinski definition) is 1. The van der Waals surface area contributed by atoms with E-state index in [9.17, 15) is 9.18 Å². The van der Waals surface area contributed by atoms with Gasteiger partial charge in [0, 0.05) is 41.0 Å². The Morgan fingerprint density at radius 2 is 2.16 bits per heavy atom. The molecule has 0 amide bonds. The number of benzene rings is 1. The largest absolute Gasteiger partial charge is 0.349 e. The summed E-state index contributed by atoms with van der Waals surface area (Å²) in [5, 5.41) is 0.512. The SMILES string of the molecule is O=C(c1ccn(Cc2cc(Cl)ccc2F)c1)C1CC1. The molecule has 1 saturated carbocycles. The van der Waals surface area contributed by atoms with Crippen molar-refractivity contribution in [2.24, 2.45) is 5.92 Å². The second kappa shape index (κ2) is 4.82. The smallest absolute Gasteiger partial charge is 0.167 e. The fraction of sp³-hybridized carbons (Fsp3) is 0.267.